The number of rotatable bonds is 36. The van der Waals surface area contributed by atoms with Crippen LogP contribution in [0.4, 0.5) is 23.8 Å². The van der Waals surface area contributed by atoms with Gasteiger partial charge >= 0.3 is 0 Å². The molecule has 0 fully saturated rings. The minimum absolute atomic E-state index is 0.000000000000000444. The zero-order chi connectivity index (χ0) is 69.8. The van der Waals surface area contributed by atoms with Gasteiger partial charge < -0.3 is 25.3 Å². The molecular formula is C64H124Cl9N17. The van der Waals surface area contributed by atoms with Gasteiger partial charge in [-0.3, -0.25) is 0 Å². The molecule has 4 heterocycles. The molecule has 0 aliphatic heterocycles. The van der Waals surface area contributed by atoms with Crippen molar-refractivity contribution in [2.75, 3.05) is 100 Å². The van der Waals surface area contributed by atoms with E-state index in [1.165, 1.54) is 193 Å². The highest BCUT2D eigenvalue weighted by atomic mass is 35.5. The zero-order valence-electron chi connectivity index (χ0n) is 59.2. The van der Waals surface area contributed by atoms with Crippen molar-refractivity contribution in [1.29, 1.82) is 0 Å². The Balaban J connectivity index is -0.000000239. The molecule has 0 saturated carbocycles. The van der Waals surface area contributed by atoms with E-state index in [1.807, 2.05) is 30.8 Å². The van der Waals surface area contributed by atoms with Gasteiger partial charge in [-0.25, -0.2) is 4.98 Å². The molecule has 0 aromatic carbocycles. The Labute approximate surface area is 594 Å². The van der Waals surface area contributed by atoms with E-state index in [0.29, 0.717) is 11.9 Å². The average Bonchev–Trinajstić information content (AvgIpc) is 3.66. The van der Waals surface area contributed by atoms with Gasteiger partial charge in [0.1, 0.15) is 11.6 Å². The lowest BCUT2D eigenvalue weighted by Crippen LogP contribution is -2.26. The molecule has 528 valence electrons. The van der Waals surface area contributed by atoms with Crippen molar-refractivity contribution in [2.24, 2.45) is 5.73 Å². The van der Waals surface area contributed by atoms with Crippen LogP contribution in [0.25, 0.3) is 0 Å². The lowest BCUT2D eigenvalue weighted by atomic mass is 10.1. The van der Waals surface area contributed by atoms with Gasteiger partial charge in [0.2, 0.25) is 55.5 Å². The molecule has 0 radical (unpaired) electrons. The van der Waals surface area contributed by atoms with Crippen molar-refractivity contribution in [3.05, 3.63) is 43.4 Å². The summed E-state index contributed by atoms with van der Waals surface area (Å²) in [5.41, 5.74) is 4.50. The average molecular weight is 1450 g/mol. The molecule has 0 aliphatic rings. The number of alkyl halides is 3. The molecule has 0 bridgehead atoms. The topological polar surface area (TPSA) is 194 Å². The summed E-state index contributed by atoms with van der Waals surface area (Å²) in [6.45, 7) is 25.9. The van der Waals surface area contributed by atoms with Crippen molar-refractivity contribution >= 4 is 128 Å². The van der Waals surface area contributed by atoms with E-state index in [4.69, 9.17) is 74.6 Å². The van der Waals surface area contributed by atoms with Crippen molar-refractivity contribution in [2.45, 2.75) is 262 Å². The lowest BCUT2D eigenvalue weighted by molar-refractivity contribution is 0.624. The molecule has 0 atom stereocenters. The largest absolute Gasteiger partial charge is 0.344 e. The third-order valence-corrected chi connectivity index (χ3v) is 13.7. The zero-order valence-corrected chi connectivity index (χ0v) is 66.0. The number of nitrogens with two attached hydrogens (primary N) is 1. The van der Waals surface area contributed by atoms with E-state index in [9.17, 15) is 0 Å². The number of anilines is 4. The minimum Gasteiger partial charge on any atom is -0.344 e. The molecule has 0 aliphatic carbocycles. The molecule has 0 unspecified atom stereocenters. The fourth-order valence-corrected chi connectivity index (χ4v) is 8.74. The summed E-state index contributed by atoms with van der Waals surface area (Å²) in [6, 6.07) is 0. The van der Waals surface area contributed by atoms with Crippen molar-refractivity contribution in [1.82, 2.24) is 59.8 Å². The monoisotopic (exact) mass is 1450 g/mol. The smallest absolute Gasteiger partial charge is 0.230 e. The Kier molecular flexibility index (Phi) is 83.3. The highest BCUT2D eigenvalue weighted by Gasteiger charge is 2.14. The van der Waals surface area contributed by atoms with E-state index < -0.39 is 0 Å². The van der Waals surface area contributed by atoms with Crippen LogP contribution < -0.4 is 25.3 Å². The minimum atomic E-state index is 0.000000000000000444. The quantitative estimate of drug-likeness (QED) is 0.0333. The fraction of sp³-hybridized carbons (Fsp3) is 0.812. The van der Waals surface area contributed by atoms with Gasteiger partial charge in [0.05, 0.1) is 0 Å². The standard InChI is InChI=1S/C19H37N5.C12H21ClN4.C10H16Cl2N4.2C8H18.C3Cl3N3.3CH3Cl.CH5N/c1-6-9-11-13-15-23(4)18-20-17(8-3)21-19(22-18)24(5)16-14-12-10-7-2;1-4-6-7-8-9-17(3)12-15-10(5-2)14-11(13)16-12;1-3-4-5-6-7-16(2)10-14-8(11)13-9(12)15-10;2*1-3-5-7-8-6-4-2;4-1-7-2(5)9-3(6)8-1;4*1-2/h6-16H2,1-5H3;4-9H2,1-3H3;3-7H2,1-2H3;2*3-8H2,1-2H3;;3*1H3;2H2,1H3. The maximum absolute atomic E-state index is 5.87. The molecule has 17 nitrogen and oxygen atoms in total. The number of halogens is 9. The van der Waals surface area contributed by atoms with E-state index in [0.717, 1.165) is 75.4 Å². The summed E-state index contributed by atoms with van der Waals surface area (Å²) in [6.07, 6.45) is 42.9. The SMILES string of the molecule is CCCCCCCC.CCCCCCCC.CCCCCCN(C)c1nc(CC)nc(N(C)CCCCCC)n1.CCCCCCN(C)c1nc(Cl)nc(CC)n1.CCCCCCN(C)c1nc(Cl)nc(Cl)n1.CCl.CCl.CCl.CN.Clc1nc(Cl)nc(Cl)n1. The Morgan fingerprint density at radius 1 is 0.233 bits per heavy atom. The lowest BCUT2D eigenvalue weighted by Gasteiger charge is -2.21. The van der Waals surface area contributed by atoms with Crippen molar-refractivity contribution in [3.8, 4) is 0 Å². The highest BCUT2D eigenvalue weighted by Crippen LogP contribution is 2.17. The summed E-state index contributed by atoms with van der Waals surface area (Å²) in [7, 11) is 9.60. The van der Waals surface area contributed by atoms with E-state index in [1.54, 1.807) is 0 Å². The van der Waals surface area contributed by atoms with Crippen molar-refractivity contribution in [3.63, 3.8) is 0 Å². The maximum Gasteiger partial charge on any atom is 0.230 e. The molecule has 2 N–H and O–H groups in total. The van der Waals surface area contributed by atoms with Crippen LogP contribution in [0.2, 0.25) is 31.7 Å². The molecule has 0 spiro atoms. The normalized spacial score (nSPS) is 9.73. The molecule has 4 aromatic heterocycles. The number of hydrogen-bond acceptors (Lipinski definition) is 17. The van der Waals surface area contributed by atoms with Crippen LogP contribution in [0.5, 0.6) is 0 Å². The molecule has 4 aromatic rings. The van der Waals surface area contributed by atoms with Crippen LogP contribution >= 0.6 is 104 Å². The third-order valence-electron chi connectivity index (χ3n) is 12.7. The van der Waals surface area contributed by atoms with Gasteiger partial charge in [-0.1, -0.05) is 223 Å². The highest BCUT2D eigenvalue weighted by molar-refractivity contribution is 6.33. The number of nitrogens with zero attached hydrogens (tertiary/aromatic N) is 16. The molecule has 4 rings (SSSR count). The van der Waals surface area contributed by atoms with E-state index in [2.05, 4.69) is 182 Å². The number of unbranched alkanes of at least 4 members (excludes halogenated alkanes) is 22. The van der Waals surface area contributed by atoms with E-state index >= 15 is 0 Å². The Bertz CT molecular complexity index is 1980. The van der Waals surface area contributed by atoms with Crippen LogP contribution in [-0.4, -0.2) is 140 Å². The third kappa shape index (κ3) is 62.0. The summed E-state index contributed by atoms with van der Waals surface area (Å²) >= 11 is 47.2. The van der Waals surface area contributed by atoms with Gasteiger partial charge in [0, 0.05) is 86.4 Å². The second-order valence-corrected chi connectivity index (χ2v) is 22.5. The second-order valence-electron chi connectivity index (χ2n) is 20.5. The first kappa shape index (κ1) is 98.9. The van der Waals surface area contributed by atoms with Gasteiger partial charge in [0.15, 0.2) is 0 Å². The van der Waals surface area contributed by atoms with Crippen LogP contribution in [0, 0.1) is 0 Å². The first-order valence-electron chi connectivity index (χ1n) is 32.9. The maximum atomic E-state index is 5.87. The molecule has 90 heavy (non-hydrogen) atoms. The second kappa shape index (κ2) is 75.8. The van der Waals surface area contributed by atoms with Crippen LogP contribution in [0.1, 0.15) is 261 Å². The Morgan fingerprint density at radius 2 is 0.400 bits per heavy atom. The van der Waals surface area contributed by atoms with Crippen LogP contribution in [-0.2, 0) is 12.8 Å². The predicted molar refractivity (Wildman–Crippen MR) is 401 cm³/mol. The molecule has 0 amide bonds. The first-order chi connectivity index (χ1) is 43.4. The number of aryl methyl sites for hydroxylation is 2. The Morgan fingerprint density at radius 3 is 0.611 bits per heavy atom. The van der Waals surface area contributed by atoms with Gasteiger partial charge in [-0.15, -0.1) is 34.8 Å². The van der Waals surface area contributed by atoms with Crippen LogP contribution in [0.3, 0.4) is 0 Å². The molecule has 0 saturated heterocycles. The van der Waals surface area contributed by atoms with Gasteiger partial charge in [-0.2, -0.15) is 54.8 Å². The summed E-state index contributed by atoms with van der Waals surface area (Å²) < 4.78 is 0. The van der Waals surface area contributed by atoms with Gasteiger partial charge in [-0.05, 0) is 102 Å². The number of aromatic nitrogens is 12. The fourth-order valence-electron chi connectivity index (χ4n) is 7.60. The summed E-state index contributed by atoms with van der Waals surface area (Å²) in [4.78, 5) is 57.0. The van der Waals surface area contributed by atoms with Crippen LogP contribution in [0.15, 0.2) is 0 Å². The predicted octanol–water partition coefficient (Wildman–Crippen LogP) is 21.5. The summed E-state index contributed by atoms with van der Waals surface area (Å²) in [5, 5.41) is 0.554. The Hall–Kier alpha value is -2.19. The van der Waals surface area contributed by atoms with Gasteiger partial charge in [0.25, 0.3) is 0 Å². The van der Waals surface area contributed by atoms with E-state index in [-0.39, 0.29) is 31.7 Å². The molecule has 26 heteroatoms. The van der Waals surface area contributed by atoms with Crippen molar-refractivity contribution < 1.29 is 0 Å². The number of hydrogen-bond donors (Lipinski definition) is 1. The first-order valence-corrected chi connectivity index (χ1v) is 37.5. The molecular weight excluding hydrogens is 1330 g/mol. The summed E-state index contributed by atoms with van der Waals surface area (Å²) in [5.74, 6) is 4.47.